The fourth-order valence-corrected chi connectivity index (χ4v) is 1.25. The highest BCUT2D eigenvalue weighted by molar-refractivity contribution is 9.10. The molecule has 76 valence electrons. The number of hydroxylamine groups is 1. The van der Waals surface area contributed by atoms with E-state index in [1.165, 1.54) is 12.2 Å². The third-order valence-corrected chi connectivity index (χ3v) is 2.17. The summed E-state index contributed by atoms with van der Waals surface area (Å²) in [5.74, 6) is 0. The Morgan fingerprint density at radius 1 is 1.43 bits per heavy atom. The molecule has 0 atom stereocenters. The minimum absolute atomic E-state index is 0.310. The fraction of sp³-hybridized carbons (Fsp3) is 0.222. The lowest BCUT2D eigenvalue weighted by molar-refractivity contribution is 0.164. The quantitative estimate of drug-likeness (QED) is 0.827. The predicted molar refractivity (Wildman–Crippen MR) is 58.1 cm³/mol. The number of amides is 2. The maximum absolute atomic E-state index is 11.3. The van der Waals surface area contributed by atoms with Gasteiger partial charge in [0.15, 0.2) is 0 Å². The predicted octanol–water partition coefficient (Wildman–Crippen LogP) is 2.16. The van der Waals surface area contributed by atoms with Gasteiger partial charge in [-0.05, 0) is 24.3 Å². The number of nitrogens with one attached hydrogen (secondary N) is 1. The van der Waals surface area contributed by atoms with E-state index in [1.54, 1.807) is 19.2 Å². The zero-order chi connectivity index (χ0) is 10.6. The molecule has 0 saturated carbocycles. The second-order valence-electron chi connectivity index (χ2n) is 2.51. The first-order valence-electron chi connectivity index (χ1n) is 4.00. The van der Waals surface area contributed by atoms with Crippen LogP contribution in [0.1, 0.15) is 0 Å². The average molecular weight is 259 g/mol. The number of nitrogens with zero attached hydrogens (tertiary/aromatic N) is 1. The van der Waals surface area contributed by atoms with E-state index in [2.05, 4.69) is 21.2 Å². The molecular formula is C9H11BrN2O2. The Morgan fingerprint density at radius 3 is 2.43 bits per heavy atom. The van der Waals surface area contributed by atoms with E-state index < -0.39 is 0 Å². The van der Waals surface area contributed by atoms with Gasteiger partial charge in [0.05, 0.1) is 12.8 Å². The Labute approximate surface area is 90.9 Å². The van der Waals surface area contributed by atoms with E-state index in [0.29, 0.717) is 5.69 Å². The number of hydrogen-bond acceptors (Lipinski definition) is 2. The molecule has 2 amide bonds. The first-order chi connectivity index (χ1) is 6.69. The summed E-state index contributed by atoms with van der Waals surface area (Å²) in [6, 6.07) is 6.93. The molecule has 0 saturated heterocycles. The van der Waals surface area contributed by atoms with Gasteiger partial charge in [-0.15, -0.1) is 0 Å². The number of hydrogen-bond donors (Lipinski definition) is 1. The van der Waals surface area contributed by atoms with Crippen LogP contribution in [0.15, 0.2) is 28.7 Å². The molecule has 1 aromatic rings. The summed E-state index contributed by atoms with van der Waals surface area (Å²) in [5.41, 5.74) is 0.676. The molecular weight excluding hydrogens is 248 g/mol. The van der Waals surface area contributed by atoms with E-state index in [0.717, 1.165) is 4.47 Å². The lowest BCUT2D eigenvalue weighted by atomic mass is 10.3. The lowest BCUT2D eigenvalue weighted by Gasteiger charge is -2.18. The third-order valence-electron chi connectivity index (χ3n) is 1.64. The van der Waals surface area contributed by atoms with Crippen molar-refractivity contribution >= 4 is 27.6 Å². The number of urea groups is 1. The van der Waals surface area contributed by atoms with Crippen LogP contribution in [0.25, 0.3) is 0 Å². The molecule has 0 heterocycles. The zero-order valence-electron chi connectivity index (χ0n) is 7.95. The Morgan fingerprint density at radius 2 is 2.00 bits per heavy atom. The molecule has 0 radical (unpaired) electrons. The van der Waals surface area contributed by atoms with Gasteiger partial charge < -0.3 is 5.32 Å². The monoisotopic (exact) mass is 258 g/mol. The van der Waals surface area contributed by atoms with Crippen molar-refractivity contribution in [3.8, 4) is 0 Å². The van der Waals surface area contributed by atoms with Crippen molar-refractivity contribution in [3.63, 3.8) is 0 Å². The van der Waals surface area contributed by atoms with E-state index in [1.807, 2.05) is 12.1 Å². The summed E-state index contributed by atoms with van der Waals surface area (Å²) in [4.78, 5) is 16.2. The number of anilines is 1. The second kappa shape index (κ2) is 4.97. The minimum atomic E-state index is -0.310. The smallest absolute Gasteiger partial charge is 0.339 e. The maximum Gasteiger partial charge on any atom is 0.345 e. The van der Waals surface area contributed by atoms with Gasteiger partial charge in [-0.1, -0.05) is 15.9 Å². The van der Waals surface area contributed by atoms with E-state index >= 15 is 0 Å². The molecule has 1 aromatic carbocycles. The summed E-state index contributed by atoms with van der Waals surface area (Å²) < 4.78 is 0.953. The molecule has 0 aliphatic heterocycles. The van der Waals surface area contributed by atoms with Crippen molar-refractivity contribution in [2.24, 2.45) is 0 Å². The molecule has 4 nitrogen and oxygen atoms in total. The van der Waals surface area contributed by atoms with E-state index in [4.69, 9.17) is 4.84 Å². The molecule has 5 heteroatoms. The molecule has 0 aromatic heterocycles. The normalized spacial score (nSPS) is 9.64. The van der Waals surface area contributed by atoms with Crippen LogP contribution in [0.4, 0.5) is 10.5 Å². The zero-order valence-corrected chi connectivity index (χ0v) is 9.54. The highest BCUT2D eigenvalue weighted by atomic mass is 79.9. The summed E-state index contributed by atoms with van der Waals surface area (Å²) in [7, 11) is 2.99. The van der Waals surface area contributed by atoms with Gasteiger partial charge in [0.2, 0.25) is 0 Å². The van der Waals surface area contributed by atoms with Crippen LogP contribution in [0, 0.1) is 0 Å². The first-order valence-corrected chi connectivity index (χ1v) is 4.80. The Balaban J connectivity index is 2.89. The Hall–Kier alpha value is -1.07. The van der Waals surface area contributed by atoms with Crippen molar-refractivity contribution in [2.75, 3.05) is 19.2 Å². The minimum Gasteiger partial charge on any atom is -0.339 e. The van der Waals surface area contributed by atoms with Crippen LogP contribution in [0.2, 0.25) is 0 Å². The summed E-state index contributed by atoms with van der Waals surface area (Å²) >= 11 is 3.31. The molecule has 0 spiro atoms. The molecule has 1 rings (SSSR count). The summed E-state index contributed by atoms with van der Waals surface area (Å²) in [6.07, 6.45) is 0. The maximum atomic E-state index is 11.3. The Kier molecular flexibility index (Phi) is 3.91. The highest BCUT2D eigenvalue weighted by Crippen LogP contribution is 2.18. The SMILES string of the molecule is CNC(=O)N(OC)c1ccc(Br)cc1. The molecule has 0 aliphatic rings. The molecule has 0 bridgehead atoms. The van der Waals surface area contributed by atoms with Gasteiger partial charge in [-0.3, -0.25) is 4.84 Å². The number of halogens is 1. The summed E-state index contributed by atoms with van der Waals surface area (Å²) in [5, 5.41) is 3.65. The highest BCUT2D eigenvalue weighted by Gasteiger charge is 2.12. The van der Waals surface area contributed by atoms with Crippen molar-refractivity contribution in [2.45, 2.75) is 0 Å². The van der Waals surface area contributed by atoms with E-state index in [9.17, 15) is 4.79 Å². The van der Waals surface area contributed by atoms with E-state index in [-0.39, 0.29) is 6.03 Å². The third kappa shape index (κ3) is 2.46. The number of rotatable bonds is 2. The average Bonchev–Trinajstić information content (AvgIpc) is 2.21. The van der Waals surface area contributed by atoms with Gasteiger partial charge in [-0.2, -0.15) is 5.06 Å². The first kappa shape index (κ1) is 11.0. The van der Waals surface area contributed by atoms with Crippen molar-refractivity contribution in [1.29, 1.82) is 0 Å². The van der Waals surface area contributed by atoms with Gasteiger partial charge >= 0.3 is 6.03 Å². The number of benzene rings is 1. The standard InChI is InChI=1S/C9H11BrN2O2/c1-11-9(13)12(14-2)8-5-3-7(10)4-6-8/h3-6H,1-2H3,(H,11,13). The van der Waals surface area contributed by atoms with Crippen molar-refractivity contribution in [1.82, 2.24) is 5.32 Å². The lowest BCUT2D eigenvalue weighted by Crippen LogP contribution is -2.37. The van der Waals surface area contributed by atoms with Gasteiger partial charge in [0.1, 0.15) is 0 Å². The van der Waals surface area contributed by atoms with Crippen LogP contribution in [-0.2, 0) is 4.84 Å². The van der Waals surface area contributed by atoms with Crippen LogP contribution < -0.4 is 10.4 Å². The molecule has 1 N–H and O–H groups in total. The van der Waals surface area contributed by atoms with Gasteiger partial charge in [0.25, 0.3) is 0 Å². The van der Waals surface area contributed by atoms with Crippen molar-refractivity contribution in [3.05, 3.63) is 28.7 Å². The second-order valence-corrected chi connectivity index (χ2v) is 3.42. The van der Waals surface area contributed by atoms with Gasteiger partial charge in [-0.25, -0.2) is 4.79 Å². The number of carbonyl (C=O) groups is 1. The Bertz CT molecular complexity index is 313. The molecule has 0 aliphatic carbocycles. The summed E-state index contributed by atoms with van der Waals surface area (Å²) in [6.45, 7) is 0. The van der Waals surface area contributed by atoms with Crippen molar-refractivity contribution < 1.29 is 9.63 Å². The largest absolute Gasteiger partial charge is 0.345 e. The fourth-order valence-electron chi connectivity index (χ4n) is 0.984. The van der Waals surface area contributed by atoms with Gasteiger partial charge in [0, 0.05) is 11.5 Å². The topological polar surface area (TPSA) is 41.6 Å². The molecule has 0 fully saturated rings. The molecule has 14 heavy (non-hydrogen) atoms. The molecule has 0 unspecified atom stereocenters. The van der Waals surface area contributed by atoms with Crippen LogP contribution in [-0.4, -0.2) is 20.2 Å². The van der Waals surface area contributed by atoms with Crippen LogP contribution in [0.3, 0.4) is 0 Å². The van der Waals surface area contributed by atoms with Crippen LogP contribution >= 0.6 is 15.9 Å². The number of carbonyl (C=O) groups excluding carboxylic acids is 1. The van der Waals surface area contributed by atoms with Crippen LogP contribution in [0.5, 0.6) is 0 Å².